The summed E-state index contributed by atoms with van der Waals surface area (Å²) in [5.74, 6) is 0.0944. The first-order valence-corrected chi connectivity index (χ1v) is 8.43. The maximum absolute atomic E-state index is 12.0. The highest BCUT2D eigenvalue weighted by Crippen LogP contribution is 2.15. The Morgan fingerprint density at radius 1 is 1.16 bits per heavy atom. The molecule has 1 aromatic rings. The monoisotopic (exact) mass is 304 g/mol. The molecule has 0 unspecified atom stereocenters. The van der Waals surface area contributed by atoms with Gasteiger partial charge in [-0.3, -0.25) is 0 Å². The van der Waals surface area contributed by atoms with Crippen LogP contribution in [0.15, 0.2) is 24.3 Å². The van der Waals surface area contributed by atoms with Crippen molar-refractivity contribution in [3.05, 3.63) is 34.9 Å². The fourth-order valence-electron chi connectivity index (χ4n) is 1.89. The van der Waals surface area contributed by atoms with E-state index in [1.165, 1.54) is 0 Å². The summed E-state index contributed by atoms with van der Waals surface area (Å²) in [5, 5.41) is 0.602. The second-order valence-corrected chi connectivity index (χ2v) is 7.15. The molecule has 0 amide bonds. The highest BCUT2D eigenvalue weighted by molar-refractivity contribution is 7.90. The first-order chi connectivity index (χ1) is 9.05. The van der Waals surface area contributed by atoms with E-state index in [0.717, 1.165) is 12.0 Å². The first-order valence-electron chi connectivity index (χ1n) is 6.23. The van der Waals surface area contributed by atoms with Gasteiger partial charge in [-0.1, -0.05) is 23.7 Å². The summed E-state index contributed by atoms with van der Waals surface area (Å²) in [5.41, 5.74) is 0.745. The summed E-state index contributed by atoms with van der Waals surface area (Å²) in [6.45, 7) is 1.28. The smallest absolute Gasteiger partial charge is 0.158 e. The molecule has 0 spiro atoms. The lowest BCUT2D eigenvalue weighted by Crippen LogP contribution is -2.27. The maximum atomic E-state index is 12.0. The Morgan fingerprint density at radius 2 is 1.79 bits per heavy atom. The molecule has 19 heavy (non-hydrogen) atoms. The van der Waals surface area contributed by atoms with Gasteiger partial charge in [0.15, 0.2) is 16.1 Å². The van der Waals surface area contributed by atoms with Crippen LogP contribution >= 0.6 is 11.6 Å². The Bertz CT molecular complexity index is 492. The molecule has 1 heterocycles. The summed E-state index contributed by atoms with van der Waals surface area (Å²) >= 11 is 5.76. The summed E-state index contributed by atoms with van der Waals surface area (Å²) < 4.78 is 34.6. The van der Waals surface area contributed by atoms with Crippen LogP contribution in [0.4, 0.5) is 0 Å². The van der Waals surface area contributed by atoms with E-state index in [9.17, 15) is 8.42 Å². The molecule has 0 saturated carbocycles. The molecule has 6 heteroatoms. The van der Waals surface area contributed by atoms with Gasteiger partial charge in [-0.15, -0.1) is 0 Å². The molecule has 1 saturated heterocycles. The number of ether oxygens (including phenoxy) is 2. The number of hydrogen-bond acceptors (Lipinski definition) is 4. The van der Waals surface area contributed by atoms with Crippen LogP contribution in [0, 0.1) is 0 Å². The first kappa shape index (κ1) is 14.8. The van der Waals surface area contributed by atoms with E-state index >= 15 is 0 Å². The number of hydrogen-bond donors (Lipinski definition) is 0. The van der Waals surface area contributed by atoms with Crippen molar-refractivity contribution in [2.45, 2.75) is 24.9 Å². The zero-order valence-corrected chi connectivity index (χ0v) is 12.1. The SMILES string of the molecule is O=S(=O)(CCC1OCCCO1)Cc1ccc(Cl)cc1. The van der Waals surface area contributed by atoms with E-state index in [2.05, 4.69) is 0 Å². The minimum atomic E-state index is -3.15. The van der Waals surface area contributed by atoms with Crippen molar-refractivity contribution < 1.29 is 17.9 Å². The van der Waals surface area contributed by atoms with Crippen LogP contribution in [0.25, 0.3) is 0 Å². The highest BCUT2D eigenvalue weighted by Gasteiger charge is 2.19. The summed E-state index contributed by atoms with van der Waals surface area (Å²) in [4.78, 5) is 0. The average Bonchev–Trinajstić information content (AvgIpc) is 2.40. The maximum Gasteiger partial charge on any atom is 0.158 e. The van der Waals surface area contributed by atoms with Crippen LogP contribution in [-0.2, 0) is 25.1 Å². The van der Waals surface area contributed by atoms with E-state index in [1.54, 1.807) is 24.3 Å². The van der Waals surface area contributed by atoms with E-state index in [-0.39, 0.29) is 17.8 Å². The molecule has 1 fully saturated rings. The minimum absolute atomic E-state index is 0.0247. The van der Waals surface area contributed by atoms with Gasteiger partial charge >= 0.3 is 0 Å². The Morgan fingerprint density at radius 3 is 2.42 bits per heavy atom. The molecule has 4 nitrogen and oxygen atoms in total. The molecular formula is C13H17ClO4S. The van der Waals surface area contributed by atoms with Crippen molar-refractivity contribution in [1.82, 2.24) is 0 Å². The van der Waals surface area contributed by atoms with Crippen LogP contribution in [0.2, 0.25) is 5.02 Å². The standard InChI is InChI=1S/C13H17ClO4S/c14-12-4-2-11(3-5-12)10-19(15,16)9-6-13-17-7-1-8-18-13/h2-5,13H,1,6-10H2. The van der Waals surface area contributed by atoms with Crippen LogP contribution in [0.1, 0.15) is 18.4 Å². The zero-order valence-electron chi connectivity index (χ0n) is 10.5. The van der Waals surface area contributed by atoms with Crippen LogP contribution in [0.3, 0.4) is 0 Å². The molecule has 1 aromatic carbocycles. The Labute approximate surface area is 118 Å². The summed E-state index contributed by atoms with van der Waals surface area (Å²) in [7, 11) is -3.15. The van der Waals surface area contributed by atoms with Gasteiger partial charge in [0.05, 0.1) is 24.7 Å². The van der Waals surface area contributed by atoms with Gasteiger partial charge in [0.2, 0.25) is 0 Å². The van der Waals surface area contributed by atoms with Gasteiger partial charge in [-0.05, 0) is 24.1 Å². The molecule has 1 aliphatic heterocycles. The van der Waals surface area contributed by atoms with Crippen LogP contribution in [-0.4, -0.2) is 33.7 Å². The zero-order chi connectivity index (χ0) is 13.7. The Balaban J connectivity index is 1.85. The van der Waals surface area contributed by atoms with Crippen molar-refractivity contribution in [2.24, 2.45) is 0 Å². The number of rotatable bonds is 5. The fraction of sp³-hybridized carbons (Fsp3) is 0.538. The van der Waals surface area contributed by atoms with E-state index in [4.69, 9.17) is 21.1 Å². The van der Waals surface area contributed by atoms with Gasteiger partial charge in [0.1, 0.15) is 0 Å². The van der Waals surface area contributed by atoms with Crippen molar-refractivity contribution in [2.75, 3.05) is 19.0 Å². The predicted octanol–water partition coefficient (Wildman–Crippen LogP) is 2.41. The van der Waals surface area contributed by atoms with E-state index < -0.39 is 9.84 Å². The third-order valence-electron chi connectivity index (χ3n) is 2.86. The molecule has 0 radical (unpaired) electrons. The van der Waals surface area contributed by atoms with Gasteiger partial charge in [-0.25, -0.2) is 8.42 Å². The molecule has 0 aliphatic carbocycles. The largest absolute Gasteiger partial charge is 0.353 e. The van der Waals surface area contributed by atoms with E-state index in [0.29, 0.717) is 24.7 Å². The topological polar surface area (TPSA) is 52.6 Å². The van der Waals surface area contributed by atoms with Crippen LogP contribution in [0.5, 0.6) is 0 Å². The molecule has 0 N–H and O–H groups in total. The quantitative estimate of drug-likeness (QED) is 0.838. The third kappa shape index (κ3) is 5.10. The highest BCUT2D eigenvalue weighted by atomic mass is 35.5. The Hall–Kier alpha value is -0.620. The van der Waals surface area contributed by atoms with Gasteiger partial charge < -0.3 is 9.47 Å². The van der Waals surface area contributed by atoms with Crippen molar-refractivity contribution in [1.29, 1.82) is 0 Å². The van der Waals surface area contributed by atoms with Crippen molar-refractivity contribution >= 4 is 21.4 Å². The van der Waals surface area contributed by atoms with E-state index in [1.807, 2.05) is 0 Å². The lowest BCUT2D eigenvalue weighted by Gasteiger charge is -2.22. The van der Waals surface area contributed by atoms with Crippen LogP contribution < -0.4 is 0 Å². The normalized spacial score (nSPS) is 17.5. The van der Waals surface area contributed by atoms with Crippen molar-refractivity contribution in [3.8, 4) is 0 Å². The van der Waals surface area contributed by atoms with Gasteiger partial charge in [0.25, 0.3) is 0 Å². The Kier molecular flexibility index (Phi) is 5.21. The predicted molar refractivity (Wildman–Crippen MR) is 73.9 cm³/mol. The molecular weight excluding hydrogens is 288 g/mol. The number of benzene rings is 1. The molecule has 0 atom stereocenters. The number of sulfone groups is 1. The minimum Gasteiger partial charge on any atom is -0.353 e. The summed E-state index contributed by atoms with van der Waals surface area (Å²) in [6.07, 6.45) is 0.873. The molecule has 0 bridgehead atoms. The molecule has 0 aromatic heterocycles. The molecule has 106 valence electrons. The molecule has 1 aliphatic rings. The van der Waals surface area contributed by atoms with Gasteiger partial charge in [-0.2, -0.15) is 0 Å². The van der Waals surface area contributed by atoms with Gasteiger partial charge in [0, 0.05) is 11.4 Å². The lowest BCUT2D eigenvalue weighted by molar-refractivity contribution is -0.178. The lowest BCUT2D eigenvalue weighted by atomic mass is 10.2. The fourth-order valence-corrected chi connectivity index (χ4v) is 3.41. The molecule has 2 rings (SSSR count). The average molecular weight is 305 g/mol. The second kappa shape index (κ2) is 6.70. The van der Waals surface area contributed by atoms with Crippen molar-refractivity contribution in [3.63, 3.8) is 0 Å². The summed E-state index contributed by atoms with van der Waals surface area (Å²) in [6, 6.07) is 6.85. The third-order valence-corrected chi connectivity index (χ3v) is 4.74. The number of halogens is 1. The second-order valence-electron chi connectivity index (χ2n) is 4.53.